The fraction of sp³-hybridized carbons (Fsp3) is 0.545. The van der Waals surface area contributed by atoms with Crippen LogP contribution in [0.3, 0.4) is 0 Å². The molecule has 0 saturated carbocycles. The third-order valence-electron chi connectivity index (χ3n) is 2.26. The number of alkyl halides is 4. The van der Waals surface area contributed by atoms with Crippen LogP contribution in [0.15, 0.2) is 18.3 Å². The summed E-state index contributed by atoms with van der Waals surface area (Å²) in [5.41, 5.74) is 0.755. The van der Waals surface area contributed by atoms with Crippen molar-refractivity contribution in [2.75, 3.05) is 11.4 Å². The van der Waals surface area contributed by atoms with Gasteiger partial charge in [-0.2, -0.15) is 13.2 Å². The second kappa shape index (κ2) is 5.71. The number of anilines is 1. The Kier molecular flexibility index (Phi) is 4.80. The minimum atomic E-state index is -4.23. The minimum Gasteiger partial charge on any atom is -0.345 e. The molecule has 17 heavy (non-hydrogen) atoms. The van der Waals surface area contributed by atoms with Gasteiger partial charge in [-0.1, -0.05) is 22.0 Å². The van der Waals surface area contributed by atoms with E-state index in [1.807, 2.05) is 0 Å². The molecule has 0 radical (unpaired) electrons. The molecular formula is C11H14BrF3N2. The van der Waals surface area contributed by atoms with Gasteiger partial charge in [0, 0.05) is 23.1 Å². The fourth-order valence-electron chi connectivity index (χ4n) is 1.49. The molecule has 2 nitrogen and oxygen atoms in total. The van der Waals surface area contributed by atoms with Crippen LogP contribution < -0.4 is 4.90 Å². The third kappa shape index (κ3) is 4.18. The maximum atomic E-state index is 12.5. The summed E-state index contributed by atoms with van der Waals surface area (Å²) in [6.07, 6.45) is -2.72. The Morgan fingerprint density at radius 2 is 2.06 bits per heavy atom. The molecular weight excluding hydrogens is 297 g/mol. The molecule has 96 valence electrons. The first-order valence-electron chi connectivity index (χ1n) is 5.18. The van der Waals surface area contributed by atoms with Crippen molar-refractivity contribution >= 4 is 21.7 Å². The molecule has 0 aliphatic carbocycles. The molecule has 6 heteroatoms. The van der Waals surface area contributed by atoms with Gasteiger partial charge in [0.25, 0.3) is 0 Å². The van der Waals surface area contributed by atoms with Crippen molar-refractivity contribution in [2.45, 2.75) is 31.4 Å². The largest absolute Gasteiger partial charge is 0.405 e. The van der Waals surface area contributed by atoms with Gasteiger partial charge in [0.05, 0.1) is 0 Å². The Balaban J connectivity index is 3.05. The Hall–Kier alpha value is -0.780. The number of nitrogens with zero attached hydrogens (tertiary/aromatic N) is 2. The van der Waals surface area contributed by atoms with Crippen LogP contribution in [0.4, 0.5) is 19.0 Å². The van der Waals surface area contributed by atoms with E-state index in [0.29, 0.717) is 11.1 Å². The maximum absolute atomic E-state index is 12.5. The van der Waals surface area contributed by atoms with Gasteiger partial charge in [-0.15, -0.1) is 0 Å². The number of aromatic nitrogens is 1. The van der Waals surface area contributed by atoms with Crippen LogP contribution in [0.1, 0.15) is 19.4 Å². The lowest BCUT2D eigenvalue weighted by Gasteiger charge is -2.30. The summed E-state index contributed by atoms with van der Waals surface area (Å²) in [6, 6.07) is 3.22. The van der Waals surface area contributed by atoms with Crippen molar-refractivity contribution in [3.8, 4) is 0 Å². The van der Waals surface area contributed by atoms with E-state index in [1.165, 1.54) is 11.1 Å². The van der Waals surface area contributed by atoms with E-state index in [0.717, 1.165) is 5.56 Å². The van der Waals surface area contributed by atoms with Crippen molar-refractivity contribution in [2.24, 2.45) is 0 Å². The standard InChI is InChI=1S/C11H14BrF3N2/c1-8(2)17(7-11(13,14)15)10-9(6-12)4-3-5-16-10/h3-5,8H,6-7H2,1-2H3. The smallest absolute Gasteiger partial charge is 0.345 e. The first-order valence-corrected chi connectivity index (χ1v) is 6.30. The summed E-state index contributed by atoms with van der Waals surface area (Å²) in [7, 11) is 0. The van der Waals surface area contributed by atoms with Crippen molar-refractivity contribution in [3.05, 3.63) is 23.9 Å². The highest BCUT2D eigenvalue weighted by molar-refractivity contribution is 9.08. The Labute approximate surface area is 107 Å². The van der Waals surface area contributed by atoms with Gasteiger partial charge in [-0.25, -0.2) is 4.98 Å². The molecule has 0 unspecified atom stereocenters. The summed E-state index contributed by atoms with van der Waals surface area (Å²) in [5, 5.41) is 0.483. The molecule has 0 N–H and O–H groups in total. The highest BCUT2D eigenvalue weighted by Gasteiger charge is 2.33. The number of halogens is 4. The van der Waals surface area contributed by atoms with Gasteiger partial charge in [-0.05, 0) is 19.9 Å². The normalized spacial score (nSPS) is 11.9. The first-order chi connectivity index (χ1) is 7.85. The molecule has 1 heterocycles. The van der Waals surface area contributed by atoms with Crippen LogP contribution in [0.5, 0.6) is 0 Å². The molecule has 0 aliphatic heterocycles. The van der Waals surface area contributed by atoms with Crippen LogP contribution in [0.2, 0.25) is 0 Å². The second-order valence-electron chi connectivity index (χ2n) is 3.96. The van der Waals surface area contributed by atoms with Crippen LogP contribution in [-0.4, -0.2) is 23.7 Å². The summed E-state index contributed by atoms with van der Waals surface area (Å²) in [5.74, 6) is 0.386. The van der Waals surface area contributed by atoms with E-state index in [2.05, 4.69) is 20.9 Å². The maximum Gasteiger partial charge on any atom is 0.405 e. The van der Waals surface area contributed by atoms with Gasteiger partial charge >= 0.3 is 6.18 Å². The quantitative estimate of drug-likeness (QED) is 0.787. The Morgan fingerprint density at radius 3 is 2.53 bits per heavy atom. The lowest BCUT2D eigenvalue weighted by Crippen LogP contribution is -2.40. The lowest BCUT2D eigenvalue weighted by molar-refractivity contribution is -0.120. The topological polar surface area (TPSA) is 16.1 Å². The van der Waals surface area contributed by atoms with Crippen LogP contribution in [-0.2, 0) is 5.33 Å². The van der Waals surface area contributed by atoms with E-state index >= 15 is 0 Å². The highest BCUT2D eigenvalue weighted by Crippen LogP contribution is 2.26. The van der Waals surface area contributed by atoms with Gasteiger partial charge in [0.1, 0.15) is 12.4 Å². The minimum absolute atomic E-state index is 0.260. The van der Waals surface area contributed by atoms with E-state index in [4.69, 9.17) is 0 Å². The predicted octanol–water partition coefficient (Wildman–Crippen LogP) is 3.75. The predicted molar refractivity (Wildman–Crippen MR) is 65.4 cm³/mol. The molecule has 0 atom stereocenters. The van der Waals surface area contributed by atoms with Crippen LogP contribution in [0.25, 0.3) is 0 Å². The average molecular weight is 311 g/mol. The summed E-state index contributed by atoms with van der Waals surface area (Å²) in [6.45, 7) is 2.46. The SMILES string of the molecule is CC(C)N(CC(F)(F)F)c1ncccc1CBr. The van der Waals surface area contributed by atoms with E-state index in [9.17, 15) is 13.2 Å². The monoisotopic (exact) mass is 310 g/mol. The zero-order valence-electron chi connectivity index (χ0n) is 9.63. The molecule has 0 aliphatic rings. The lowest BCUT2D eigenvalue weighted by atomic mass is 10.2. The number of hydrogen-bond donors (Lipinski definition) is 0. The molecule has 1 aromatic rings. The van der Waals surface area contributed by atoms with Crippen molar-refractivity contribution in [1.29, 1.82) is 0 Å². The molecule has 0 saturated heterocycles. The second-order valence-corrected chi connectivity index (χ2v) is 4.52. The van der Waals surface area contributed by atoms with E-state index in [-0.39, 0.29) is 6.04 Å². The zero-order valence-corrected chi connectivity index (χ0v) is 11.2. The van der Waals surface area contributed by atoms with Gasteiger partial charge < -0.3 is 4.90 Å². The Morgan fingerprint density at radius 1 is 1.41 bits per heavy atom. The highest BCUT2D eigenvalue weighted by atomic mass is 79.9. The van der Waals surface area contributed by atoms with E-state index in [1.54, 1.807) is 26.0 Å². The van der Waals surface area contributed by atoms with Crippen LogP contribution in [0, 0.1) is 0 Å². The summed E-state index contributed by atoms with van der Waals surface area (Å²) in [4.78, 5) is 5.31. The molecule has 1 rings (SSSR count). The van der Waals surface area contributed by atoms with Gasteiger partial charge in [0.15, 0.2) is 0 Å². The van der Waals surface area contributed by atoms with Crippen molar-refractivity contribution < 1.29 is 13.2 Å². The summed E-state index contributed by atoms with van der Waals surface area (Å²) < 4.78 is 37.5. The van der Waals surface area contributed by atoms with Crippen molar-refractivity contribution in [1.82, 2.24) is 4.98 Å². The van der Waals surface area contributed by atoms with Gasteiger partial charge in [-0.3, -0.25) is 0 Å². The third-order valence-corrected chi connectivity index (χ3v) is 2.86. The number of hydrogen-bond acceptors (Lipinski definition) is 2. The Bertz CT molecular complexity index is 366. The van der Waals surface area contributed by atoms with E-state index < -0.39 is 12.7 Å². The number of pyridine rings is 1. The van der Waals surface area contributed by atoms with Crippen LogP contribution >= 0.6 is 15.9 Å². The first kappa shape index (κ1) is 14.3. The van der Waals surface area contributed by atoms with Crippen molar-refractivity contribution in [3.63, 3.8) is 0 Å². The molecule has 1 aromatic heterocycles. The molecule has 0 bridgehead atoms. The average Bonchev–Trinajstić information content (AvgIpc) is 2.24. The number of rotatable bonds is 4. The fourth-order valence-corrected chi connectivity index (χ4v) is 1.93. The molecule has 0 spiro atoms. The summed E-state index contributed by atoms with van der Waals surface area (Å²) >= 11 is 3.26. The van der Waals surface area contributed by atoms with Gasteiger partial charge in [0.2, 0.25) is 0 Å². The molecule has 0 aromatic carbocycles. The molecule has 0 amide bonds. The zero-order chi connectivity index (χ0) is 13.1. The molecule has 0 fully saturated rings.